The molecule has 1 heterocycles. The Kier molecular flexibility index (Phi) is 6.92. The minimum atomic E-state index is -3.83. The smallest absolute Gasteiger partial charge is 0.247 e. The first-order valence-corrected chi connectivity index (χ1v) is 12.2. The van der Waals surface area contributed by atoms with Crippen LogP contribution in [-0.4, -0.2) is 67.5 Å². The van der Waals surface area contributed by atoms with Gasteiger partial charge in [0.05, 0.1) is 13.2 Å². The Morgan fingerprint density at radius 3 is 2.69 bits per heavy atom. The molecule has 2 aliphatic rings. The quantitative estimate of drug-likeness (QED) is 0.687. The number of likely N-dealkylation sites (N-methyl/N-ethyl adjacent to an activating group) is 1. The lowest BCUT2D eigenvalue weighted by Crippen LogP contribution is -2.50. The number of hydrogen-bond donors (Lipinski definition) is 1. The Morgan fingerprint density at radius 1 is 1.41 bits per heavy atom. The SMILES string of the molecule is C[C@H](CO)N1C[C@H](C)[C@H](CN(C)C(=O)C2CCC2)Oc2cc(Br)ccc2S1(=O)=O. The van der Waals surface area contributed by atoms with Crippen LogP contribution in [0, 0.1) is 11.8 Å². The molecule has 0 radical (unpaired) electrons. The van der Waals surface area contributed by atoms with Crippen LogP contribution in [0.5, 0.6) is 5.75 Å². The van der Waals surface area contributed by atoms with Crippen molar-refractivity contribution in [1.29, 1.82) is 0 Å². The van der Waals surface area contributed by atoms with Gasteiger partial charge in [0.1, 0.15) is 16.7 Å². The second kappa shape index (κ2) is 8.91. The van der Waals surface area contributed by atoms with Crippen molar-refractivity contribution in [1.82, 2.24) is 9.21 Å². The summed E-state index contributed by atoms with van der Waals surface area (Å²) in [6.07, 6.45) is 2.58. The van der Waals surface area contributed by atoms with Crippen molar-refractivity contribution in [2.24, 2.45) is 11.8 Å². The second-order valence-corrected chi connectivity index (χ2v) is 11.0. The molecule has 3 atom stereocenters. The van der Waals surface area contributed by atoms with Crippen LogP contribution in [0.3, 0.4) is 0 Å². The van der Waals surface area contributed by atoms with E-state index in [1.807, 2.05) is 6.92 Å². The van der Waals surface area contributed by atoms with Gasteiger partial charge in [-0.2, -0.15) is 4.31 Å². The van der Waals surface area contributed by atoms with Gasteiger partial charge in [-0.25, -0.2) is 8.42 Å². The Balaban J connectivity index is 1.95. The predicted octanol–water partition coefficient (Wildman–Crippen LogP) is 2.48. The molecule has 1 aromatic carbocycles. The number of aliphatic hydroxyl groups excluding tert-OH is 1. The van der Waals surface area contributed by atoms with Gasteiger partial charge in [0.2, 0.25) is 15.9 Å². The zero-order valence-electron chi connectivity index (χ0n) is 17.0. The molecule has 0 spiro atoms. The van der Waals surface area contributed by atoms with Crippen LogP contribution in [0.4, 0.5) is 0 Å². The van der Waals surface area contributed by atoms with Crippen LogP contribution >= 0.6 is 15.9 Å². The van der Waals surface area contributed by atoms with Crippen molar-refractivity contribution in [2.45, 2.75) is 50.2 Å². The molecule has 29 heavy (non-hydrogen) atoms. The lowest BCUT2D eigenvalue weighted by atomic mass is 9.84. The average molecular weight is 489 g/mol. The number of benzene rings is 1. The van der Waals surface area contributed by atoms with E-state index in [1.54, 1.807) is 31.0 Å². The van der Waals surface area contributed by atoms with Crippen molar-refractivity contribution in [3.05, 3.63) is 22.7 Å². The second-order valence-electron chi connectivity index (χ2n) is 8.18. The number of sulfonamides is 1. The summed E-state index contributed by atoms with van der Waals surface area (Å²) in [6.45, 7) is 3.91. The van der Waals surface area contributed by atoms with Gasteiger partial charge in [0.15, 0.2) is 0 Å². The third-order valence-corrected chi connectivity index (χ3v) is 8.43. The van der Waals surface area contributed by atoms with Crippen LogP contribution in [0.1, 0.15) is 33.1 Å². The van der Waals surface area contributed by atoms with Gasteiger partial charge >= 0.3 is 0 Å². The Hall–Kier alpha value is -1.16. The number of carbonyl (C=O) groups excluding carboxylic acids is 1. The highest BCUT2D eigenvalue weighted by Crippen LogP contribution is 2.35. The number of aliphatic hydroxyl groups is 1. The summed E-state index contributed by atoms with van der Waals surface area (Å²) >= 11 is 3.38. The average Bonchev–Trinajstić information content (AvgIpc) is 2.62. The highest BCUT2D eigenvalue weighted by atomic mass is 79.9. The first-order valence-electron chi connectivity index (χ1n) is 9.99. The first kappa shape index (κ1) is 22.5. The number of amides is 1. The number of ether oxygens (including phenoxy) is 1. The van der Waals surface area contributed by atoms with Crippen LogP contribution in [-0.2, 0) is 14.8 Å². The summed E-state index contributed by atoms with van der Waals surface area (Å²) in [5.74, 6) is 0.298. The monoisotopic (exact) mass is 488 g/mol. The van der Waals surface area contributed by atoms with E-state index in [2.05, 4.69) is 15.9 Å². The third kappa shape index (κ3) is 4.62. The maximum Gasteiger partial charge on any atom is 0.247 e. The first-order chi connectivity index (χ1) is 13.6. The van der Waals surface area contributed by atoms with Gasteiger partial charge in [-0.3, -0.25) is 4.79 Å². The molecule has 0 bridgehead atoms. The number of rotatable bonds is 5. The number of hydrogen-bond acceptors (Lipinski definition) is 5. The molecular formula is C20H29BrN2O5S. The molecule has 1 N–H and O–H groups in total. The highest BCUT2D eigenvalue weighted by Gasteiger charge is 2.39. The molecule has 1 aliphatic heterocycles. The van der Waals surface area contributed by atoms with Gasteiger partial charge in [-0.05, 0) is 38.0 Å². The van der Waals surface area contributed by atoms with E-state index in [9.17, 15) is 18.3 Å². The summed E-state index contributed by atoms with van der Waals surface area (Å²) < 4.78 is 34.8. The third-order valence-electron chi connectivity index (χ3n) is 5.91. The maximum absolute atomic E-state index is 13.3. The van der Waals surface area contributed by atoms with E-state index in [1.165, 1.54) is 10.4 Å². The fourth-order valence-corrected chi connectivity index (χ4v) is 5.91. The molecule has 1 aliphatic carbocycles. The topological polar surface area (TPSA) is 87.2 Å². The molecule has 0 saturated heterocycles. The lowest BCUT2D eigenvalue weighted by molar-refractivity contribution is -0.138. The van der Waals surface area contributed by atoms with Crippen molar-refractivity contribution in [3.8, 4) is 5.75 Å². The Labute approximate surface area is 181 Å². The molecule has 1 saturated carbocycles. The zero-order chi connectivity index (χ0) is 21.3. The molecule has 9 heteroatoms. The molecule has 3 rings (SSSR count). The van der Waals surface area contributed by atoms with E-state index in [0.29, 0.717) is 11.0 Å². The summed E-state index contributed by atoms with van der Waals surface area (Å²) in [5, 5.41) is 9.64. The molecule has 162 valence electrons. The molecule has 1 amide bonds. The standard InChI is InChI=1S/C20H29BrN2O5S/c1-13-10-23(14(2)12-24)29(26,27)19-8-7-16(21)9-17(19)28-18(13)11-22(3)20(25)15-5-4-6-15/h7-9,13-15,18,24H,4-6,10-12H2,1-3H3/t13-,14+,18-/m0/s1. The minimum Gasteiger partial charge on any atom is -0.487 e. The Bertz CT molecular complexity index is 858. The van der Waals surface area contributed by atoms with E-state index < -0.39 is 16.1 Å². The zero-order valence-corrected chi connectivity index (χ0v) is 19.4. The number of halogens is 1. The minimum absolute atomic E-state index is 0.0749. The maximum atomic E-state index is 13.3. The predicted molar refractivity (Wildman–Crippen MR) is 113 cm³/mol. The van der Waals surface area contributed by atoms with Gasteiger partial charge < -0.3 is 14.7 Å². The van der Waals surface area contributed by atoms with Crippen LogP contribution in [0.2, 0.25) is 0 Å². The molecule has 0 aromatic heterocycles. The summed E-state index contributed by atoms with van der Waals surface area (Å²) in [7, 11) is -2.05. The van der Waals surface area contributed by atoms with E-state index in [4.69, 9.17) is 4.74 Å². The molecule has 7 nitrogen and oxygen atoms in total. The molecular weight excluding hydrogens is 460 g/mol. The van der Waals surface area contributed by atoms with Gasteiger partial charge in [0.25, 0.3) is 0 Å². The van der Waals surface area contributed by atoms with E-state index >= 15 is 0 Å². The van der Waals surface area contributed by atoms with Gasteiger partial charge in [0, 0.05) is 35.9 Å². The molecule has 1 aromatic rings. The van der Waals surface area contributed by atoms with E-state index in [-0.39, 0.29) is 47.6 Å². The van der Waals surface area contributed by atoms with Crippen LogP contribution in [0.25, 0.3) is 0 Å². The summed E-state index contributed by atoms with van der Waals surface area (Å²) in [5.41, 5.74) is 0. The van der Waals surface area contributed by atoms with Gasteiger partial charge in [-0.15, -0.1) is 0 Å². The highest BCUT2D eigenvalue weighted by molar-refractivity contribution is 9.10. The van der Waals surface area contributed by atoms with Crippen molar-refractivity contribution < 1.29 is 23.1 Å². The fourth-order valence-electron chi connectivity index (χ4n) is 3.74. The number of nitrogens with zero attached hydrogens (tertiary/aromatic N) is 2. The Morgan fingerprint density at radius 2 is 2.10 bits per heavy atom. The molecule has 0 unspecified atom stereocenters. The van der Waals surface area contributed by atoms with Crippen molar-refractivity contribution in [3.63, 3.8) is 0 Å². The fraction of sp³-hybridized carbons (Fsp3) is 0.650. The van der Waals surface area contributed by atoms with Crippen LogP contribution in [0.15, 0.2) is 27.6 Å². The summed E-state index contributed by atoms with van der Waals surface area (Å²) in [6, 6.07) is 4.26. The van der Waals surface area contributed by atoms with Gasteiger partial charge in [-0.1, -0.05) is 29.3 Å². The molecule has 1 fully saturated rings. The number of fused-ring (bicyclic) bond motifs is 1. The van der Waals surface area contributed by atoms with Crippen molar-refractivity contribution in [2.75, 3.05) is 26.7 Å². The van der Waals surface area contributed by atoms with Crippen LogP contribution < -0.4 is 4.74 Å². The van der Waals surface area contributed by atoms with E-state index in [0.717, 1.165) is 19.3 Å². The van der Waals surface area contributed by atoms with Crippen molar-refractivity contribution >= 4 is 31.9 Å². The number of carbonyl (C=O) groups is 1. The lowest BCUT2D eigenvalue weighted by Gasteiger charge is -2.38. The normalized spacial score (nSPS) is 25.7. The largest absolute Gasteiger partial charge is 0.487 e. The summed E-state index contributed by atoms with van der Waals surface area (Å²) in [4.78, 5) is 14.4.